The maximum Gasteiger partial charge on any atom is 0.244 e. The molecule has 1 aromatic heterocycles. The van der Waals surface area contributed by atoms with Crippen LogP contribution < -0.4 is 5.73 Å². The average Bonchev–Trinajstić information content (AvgIpc) is 2.83. The molecule has 0 radical (unpaired) electrons. The molecule has 3 N–H and O–H groups in total. The van der Waals surface area contributed by atoms with E-state index in [1.807, 2.05) is 4.90 Å². The van der Waals surface area contributed by atoms with Crippen molar-refractivity contribution in [3.63, 3.8) is 0 Å². The van der Waals surface area contributed by atoms with Crippen LogP contribution in [0.25, 0.3) is 0 Å². The van der Waals surface area contributed by atoms with Crippen LogP contribution in [0.2, 0.25) is 0 Å². The molecule has 1 saturated heterocycles. The van der Waals surface area contributed by atoms with Crippen molar-refractivity contribution in [2.75, 3.05) is 18.8 Å². The molecular formula is C14H22N4O2. The van der Waals surface area contributed by atoms with E-state index in [1.165, 1.54) is 0 Å². The Morgan fingerprint density at radius 2 is 2.35 bits per heavy atom. The molecule has 2 unspecified atom stereocenters. The van der Waals surface area contributed by atoms with Crippen LogP contribution in [0, 0.1) is 5.92 Å². The third-order valence-corrected chi connectivity index (χ3v) is 4.73. The Labute approximate surface area is 118 Å². The predicted molar refractivity (Wildman–Crippen MR) is 74.7 cm³/mol. The minimum atomic E-state index is -0.537. The van der Waals surface area contributed by atoms with Gasteiger partial charge in [0.1, 0.15) is 6.54 Å². The summed E-state index contributed by atoms with van der Waals surface area (Å²) < 4.78 is 1.57. The smallest absolute Gasteiger partial charge is 0.244 e. The molecule has 1 aromatic rings. The average molecular weight is 278 g/mol. The van der Waals surface area contributed by atoms with Gasteiger partial charge in [-0.2, -0.15) is 5.10 Å². The zero-order valence-electron chi connectivity index (χ0n) is 11.7. The van der Waals surface area contributed by atoms with Gasteiger partial charge in [-0.05, 0) is 19.3 Å². The first-order chi connectivity index (χ1) is 9.57. The fourth-order valence-corrected chi connectivity index (χ4v) is 3.50. The summed E-state index contributed by atoms with van der Waals surface area (Å²) in [6.07, 6.45) is 8.08. The second-order valence-electron chi connectivity index (χ2n) is 6.11. The van der Waals surface area contributed by atoms with Crippen molar-refractivity contribution in [1.82, 2.24) is 14.7 Å². The molecule has 2 atom stereocenters. The summed E-state index contributed by atoms with van der Waals surface area (Å²) in [7, 11) is 0. The maximum atomic E-state index is 12.3. The molecule has 20 heavy (non-hydrogen) atoms. The lowest BCUT2D eigenvalue weighted by Crippen LogP contribution is -2.55. The third kappa shape index (κ3) is 2.52. The minimum Gasteiger partial charge on any atom is -0.396 e. The van der Waals surface area contributed by atoms with Gasteiger partial charge in [0, 0.05) is 25.2 Å². The Hall–Kier alpha value is -1.56. The SMILES string of the molecule is Nc1cnn(CC(=O)N2CCC3(O)CCCCC3C2)c1. The largest absolute Gasteiger partial charge is 0.396 e. The number of hydrogen-bond acceptors (Lipinski definition) is 4. The number of fused-ring (bicyclic) bond motifs is 1. The highest BCUT2D eigenvalue weighted by atomic mass is 16.3. The molecule has 0 spiro atoms. The molecule has 6 heteroatoms. The van der Waals surface area contributed by atoms with E-state index >= 15 is 0 Å². The number of hydrogen-bond donors (Lipinski definition) is 2. The van der Waals surface area contributed by atoms with E-state index in [0.717, 1.165) is 25.7 Å². The molecular weight excluding hydrogens is 256 g/mol. The Kier molecular flexibility index (Phi) is 3.41. The van der Waals surface area contributed by atoms with Crippen LogP contribution in [-0.2, 0) is 11.3 Å². The first-order valence-corrected chi connectivity index (χ1v) is 7.35. The molecule has 1 aliphatic carbocycles. The number of piperidine rings is 1. The highest BCUT2D eigenvalue weighted by Gasteiger charge is 2.43. The normalized spacial score (nSPS) is 30.1. The summed E-state index contributed by atoms with van der Waals surface area (Å²) in [5.74, 6) is 0.289. The van der Waals surface area contributed by atoms with Gasteiger partial charge in [0.2, 0.25) is 5.91 Å². The lowest BCUT2D eigenvalue weighted by molar-refractivity contribution is -0.144. The first kappa shape index (κ1) is 13.4. The van der Waals surface area contributed by atoms with Crippen LogP contribution in [0.4, 0.5) is 5.69 Å². The second kappa shape index (κ2) is 5.09. The van der Waals surface area contributed by atoms with Crippen molar-refractivity contribution >= 4 is 11.6 Å². The monoisotopic (exact) mass is 278 g/mol. The fraction of sp³-hybridized carbons (Fsp3) is 0.714. The minimum absolute atomic E-state index is 0.0562. The van der Waals surface area contributed by atoms with Crippen LogP contribution in [0.5, 0.6) is 0 Å². The molecule has 110 valence electrons. The lowest BCUT2D eigenvalue weighted by atomic mass is 9.71. The van der Waals surface area contributed by atoms with Crippen molar-refractivity contribution in [3.8, 4) is 0 Å². The quantitative estimate of drug-likeness (QED) is 0.830. The molecule has 1 amide bonds. The first-order valence-electron chi connectivity index (χ1n) is 7.35. The third-order valence-electron chi connectivity index (χ3n) is 4.73. The number of nitrogens with two attached hydrogens (primary N) is 1. The predicted octanol–water partition coefficient (Wildman–Crippen LogP) is 0.619. The zero-order chi connectivity index (χ0) is 14.2. The summed E-state index contributed by atoms with van der Waals surface area (Å²) in [5.41, 5.74) is 5.63. The van der Waals surface area contributed by atoms with Gasteiger partial charge in [0.05, 0.1) is 17.5 Å². The van der Waals surface area contributed by atoms with E-state index in [1.54, 1.807) is 17.1 Å². The van der Waals surface area contributed by atoms with Gasteiger partial charge in [-0.25, -0.2) is 0 Å². The number of carbonyl (C=O) groups is 1. The van der Waals surface area contributed by atoms with Gasteiger partial charge < -0.3 is 15.7 Å². The van der Waals surface area contributed by atoms with Gasteiger partial charge in [-0.15, -0.1) is 0 Å². The van der Waals surface area contributed by atoms with Crippen molar-refractivity contribution in [3.05, 3.63) is 12.4 Å². The van der Waals surface area contributed by atoms with Gasteiger partial charge in [0.25, 0.3) is 0 Å². The number of likely N-dealkylation sites (tertiary alicyclic amines) is 1. The number of nitrogen functional groups attached to an aromatic ring is 1. The summed E-state index contributed by atoms with van der Waals surface area (Å²) >= 11 is 0. The summed E-state index contributed by atoms with van der Waals surface area (Å²) in [5, 5.41) is 14.7. The van der Waals surface area contributed by atoms with Crippen LogP contribution in [0.1, 0.15) is 32.1 Å². The lowest BCUT2D eigenvalue weighted by Gasteiger charge is -2.47. The van der Waals surface area contributed by atoms with Gasteiger partial charge in [0.15, 0.2) is 0 Å². The number of anilines is 1. The number of carbonyl (C=O) groups excluding carboxylic acids is 1. The van der Waals surface area contributed by atoms with Crippen molar-refractivity contribution in [1.29, 1.82) is 0 Å². The number of aliphatic hydroxyl groups is 1. The van der Waals surface area contributed by atoms with Crippen molar-refractivity contribution < 1.29 is 9.90 Å². The summed E-state index contributed by atoms with van der Waals surface area (Å²) in [6, 6.07) is 0. The molecule has 2 aliphatic rings. The van der Waals surface area contributed by atoms with Crippen LogP contribution >= 0.6 is 0 Å². The summed E-state index contributed by atoms with van der Waals surface area (Å²) in [6.45, 7) is 1.54. The van der Waals surface area contributed by atoms with E-state index in [4.69, 9.17) is 5.73 Å². The molecule has 1 saturated carbocycles. The van der Waals surface area contributed by atoms with E-state index in [2.05, 4.69) is 5.10 Å². The molecule has 2 fully saturated rings. The van der Waals surface area contributed by atoms with Gasteiger partial charge >= 0.3 is 0 Å². The number of amides is 1. The molecule has 3 rings (SSSR count). The number of aromatic nitrogens is 2. The fourth-order valence-electron chi connectivity index (χ4n) is 3.50. The van der Waals surface area contributed by atoms with Crippen LogP contribution in [0.3, 0.4) is 0 Å². The molecule has 6 nitrogen and oxygen atoms in total. The van der Waals surface area contributed by atoms with E-state index in [9.17, 15) is 9.90 Å². The molecule has 2 heterocycles. The van der Waals surface area contributed by atoms with Crippen LogP contribution in [-0.4, -0.2) is 44.4 Å². The van der Waals surface area contributed by atoms with Crippen molar-refractivity contribution in [2.45, 2.75) is 44.2 Å². The highest BCUT2D eigenvalue weighted by Crippen LogP contribution is 2.39. The Morgan fingerprint density at radius 1 is 1.50 bits per heavy atom. The highest BCUT2D eigenvalue weighted by molar-refractivity contribution is 5.76. The maximum absolute atomic E-state index is 12.3. The van der Waals surface area contributed by atoms with Gasteiger partial charge in [-0.1, -0.05) is 12.8 Å². The summed E-state index contributed by atoms with van der Waals surface area (Å²) in [4.78, 5) is 14.2. The zero-order valence-corrected chi connectivity index (χ0v) is 11.7. The van der Waals surface area contributed by atoms with Gasteiger partial charge in [-0.3, -0.25) is 9.48 Å². The standard InChI is InChI=1S/C14H22N4O2/c15-12-7-16-18(9-12)10-13(19)17-6-5-14(20)4-2-1-3-11(14)8-17/h7,9,11,20H,1-6,8,10,15H2. The topological polar surface area (TPSA) is 84.4 Å². The van der Waals surface area contributed by atoms with Crippen LogP contribution in [0.15, 0.2) is 12.4 Å². The Bertz CT molecular complexity index is 501. The number of rotatable bonds is 2. The molecule has 0 aromatic carbocycles. The Balaban J connectivity index is 1.62. The Morgan fingerprint density at radius 3 is 3.10 bits per heavy atom. The molecule has 1 aliphatic heterocycles. The van der Waals surface area contributed by atoms with E-state index in [0.29, 0.717) is 25.2 Å². The second-order valence-corrected chi connectivity index (χ2v) is 6.11. The van der Waals surface area contributed by atoms with E-state index in [-0.39, 0.29) is 18.4 Å². The van der Waals surface area contributed by atoms with Crippen molar-refractivity contribution in [2.24, 2.45) is 5.92 Å². The van der Waals surface area contributed by atoms with E-state index < -0.39 is 5.60 Å². The molecule has 0 bridgehead atoms. The number of nitrogens with zero attached hydrogens (tertiary/aromatic N) is 3.